The van der Waals surface area contributed by atoms with Gasteiger partial charge in [0.1, 0.15) is 11.8 Å². The number of aryl methyl sites for hydroxylation is 1. The third-order valence-corrected chi connectivity index (χ3v) is 5.13. The number of rotatable bonds is 3. The highest BCUT2D eigenvalue weighted by Crippen LogP contribution is 2.46. The number of carboxylic acid groups (broad SMARTS) is 1. The van der Waals surface area contributed by atoms with Crippen molar-refractivity contribution in [1.82, 2.24) is 4.90 Å². The zero-order valence-electron chi connectivity index (χ0n) is 10.5. The Morgan fingerprint density at radius 3 is 2.74 bits per heavy atom. The number of amides is 1. The van der Waals surface area contributed by atoms with E-state index in [1.807, 2.05) is 0 Å². The lowest BCUT2D eigenvalue weighted by atomic mass is 10.1. The van der Waals surface area contributed by atoms with Crippen molar-refractivity contribution >= 4 is 23.6 Å². The summed E-state index contributed by atoms with van der Waals surface area (Å²) in [7, 11) is 0. The molecular weight excluding hydrogens is 266 g/mol. The van der Waals surface area contributed by atoms with Crippen LogP contribution in [0, 0.1) is 12.8 Å². The largest absolute Gasteiger partial charge is 0.480 e. The van der Waals surface area contributed by atoms with Crippen molar-refractivity contribution in [2.24, 2.45) is 5.92 Å². The predicted molar refractivity (Wildman–Crippen MR) is 70.0 cm³/mol. The average Bonchev–Trinajstić information content (AvgIpc) is 2.97. The third-order valence-electron chi connectivity index (χ3n) is 3.67. The smallest absolute Gasteiger partial charge is 0.327 e. The molecule has 0 spiro atoms. The zero-order valence-corrected chi connectivity index (χ0v) is 11.4. The molecule has 102 valence electrons. The van der Waals surface area contributed by atoms with E-state index in [1.165, 1.54) is 6.26 Å². The van der Waals surface area contributed by atoms with Gasteiger partial charge in [0.05, 0.1) is 17.2 Å². The summed E-state index contributed by atoms with van der Waals surface area (Å²) in [6, 6.07) is 0.890. The third kappa shape index (κ3) is 2.14. The van der Waals surface area contributed by atoms with E-state index in [0.29, 0.717) is 23.0 Å². The van der Waals surface area contributed by atoms with E-state index in [-0.39, 0.29) is 11.3 Å². The molecule has 19 heavy (non-hydrogen) atoms. The lowest BCUT2D eigenvalue weighted by Crippen LogP contribution is -2.46. The fraction of sp³-hybridized carbons (Fsp3) is 0.538. The second-order valence-corrected chi connectivity index (χ2v) is 6.17. The van der Waals surface area contributed by atoms with Crippen molar-refractivity contribution in [3.05, 3.63) is 23.7 Å². The summed E-state index contributed by atoms with van der Waals surface area (Å²) in [5.41, 5.74) is 0.472. The van der Waals surface area contributed by atoms with E-state index in [9.17, 15) is 14.7 Å². The lowest BCUT2D eigenvalue weighted by molar-refractivity contribution is -0.141. The first-order valence-corrected chi connectivity index (χ1v) is 7.35. The molecule has 2 unspecified atom stereocenters. The second kappa shape index (κ2) is 4.59. The number of nitrogens with zero attached hydrogens (tertiary/aromatic N) is 1. The van der Waals surface area contributed by atoms with Gasteiger partial charge in [-0.3, -0.25) is 4.79 Å². The van der Waals surface area contributed by atoms with Crippen LogP contribution in [0.4, 0.5) is 0 Å². The molecule has 2 fully saturated rings. The molecule has 2 atom stereocenters. The van der Waals surface area contributed by atoms with Gasteiger partial charge in [-0.1, -0.05) is 0 Å². The maximum absolute atomic E-state index is 12.6. The van der Waals surface area contributed by atoms with Gasteiger partial charge in [0, 0.05) is 5.75 Å². The Kier molecular flexibility index (Phi) is 3.05. The highest BCUT2D eigenvalue weighted by atomic mass is 32.2. The van der Waals surface area contributed by atoms with Crippen molar-refractivity contribution in [3.63, 3.8) is 0 Å². The zero-order chi connectivity index (χ0) is 13.6. The van der Waals surface area contributed by atoms with Crippen LogP contribution in [0.1, 0.15) is 29.0 Å². The number of thioether (sulfide) groups is 1. The van der Waals surface area contributed by atoms with Crippen LogP contribution in [0.25, 0.3) is 0 Å². The van der Waals surface area contributed by atoms with Crippen LogP contribution in [0.2, 0.25) is 0 Å². The minimum atomic E-state index is -0.926. The number of hydrogen-bond donors (Lipinski definition) is 1. The van der Waals surface area contributed by atoms with Crippen LogP contribution < -0.4 is 0 Å². The van der Waals surface area contributed by atoms with E-state index in [2.05, 4.69) is 0 Å². The number of aliphatic carboxylic acids is 1. The molecule has 5 nitrogen and oxygen atoms in total. The van der Waals surface area contributed by atoms with E-state index >= 15 is 0 Å². The molecular formula is C13H15NO4S. The van der Waals surface area contributed by atoms with Crippen molar-refractivity contribution < 1.29 is 19.1 Å². The van der Waals surface area contributed by atoms with Gasteiger partial charge in [-0.05, 0) is 31.7 Å². The SMILES string of the molecule is Cc1occc1C(=O)N1C(C(=O)O)CSC1C1CC1. The molecule has 1 aliphatic heterocycles. The van der Waals surface area contributed by atoms with E-state index in [1.54, 1.807) is 29.7 Å². The summed E-state index contributed by atoms with van der Waals surface area (Å²) in [5, 5.41) is 9.29. The van der Waals surface area contributed by atoms with E-state index < -0.39 is 12.0 Å². The summed E-state index contributed by atoms with van der Waals surface area (Å²) in [6.07, 6.45) is 3.63. The fourth-order valence-electron chi connectivity index (χ4n) is 2.47. The Morgan fingerprint density at radius 2 is 2.21 bits per heavy atom. The maximum Gasteiger partial charge on any atom is 0.327 e. The molecule has 1 amide bonds. The predicted octanol–water partition coefficient (Wildman–Crippen LogP) is 1.97. The number of furan rings is 1. The average molecular weight is 281 g/mol. The summed E-state index contributed by atoms with van der Waals surface area (Å²) in [5.74, 6) is 0.316. The molecule has 2 heterocycles. The Balaban J connectivity index is 1.91. The van der Waals surface area contributed by atoms with Crippen molar-refractivity contribution in [3.8, 4) is 0 Å². The van der Waals surface area contributed by atoms with Crippen LogP contribution in [-0.2, 0) is 4.79 Å². The maximum atomic E-state index is 12.6. The van der Waals surface area contributed by atoms with Crippen molar-refractivity contribution in [2.75, 3.05) is 5.75 Å². The Bertz CT molecular complexity index is 522. The van der Waals surface area contributed by atoms with Gasteiger partial charge in [-0.2, -0.15) is 0 Å². The minimum Gasteiger partial charge on any atom is -0.480 e. The van der Waals surface area contributed by atoms with Crippen LogP contribution in [0.3, 0.4) is 0 Å². The highest BCUT2D eigenvalue weighted by molar-refractivity contribution is 8.00. The number of hydrogen-bond acceptors (Lipinski definition) is 4. The standard InChI is InChI=1S/C13H15NO4S/c1-7-9(4-5-18-7)11(15)14-10(13(16)17)6-19-12(14)8-2-3-8/h4-5,8,10,12H,2-3,6H2,1H3,(H,16,17). The molecule has 0 bridgehead atoms. The summed E-state index contributed by atoms with van der Waals surface area (Å²) < 4.78 is 5.15. The van der Waals surface area contributed by atoms with Crippen molar-refractivity contribution in [2.45, 2.75) is 31.2 Å². The van der Waals surface area contributed by atoms with Gasteiger partial charge >= 0.3 is 5.97 Å². The molecule has 3 rings (SSSR count). The van der Waals surface area contributed by atoms with Crippen LogP contribution in [0.5, 0.6) is 0 Å². The quantitative estimate of drug-likeness (QED) is 0.917. The number of carbonyl (C=O) groups excluding carboxylic acids is 1. The first-order chi connectivity index (χ1) is 9.09. The molecule has 1 aromatic heterocycles. The summed E-state index contributed by atoms with van der Waals surface area (Å²) in [6.45, 7) is 1.72. The summed E-state index contributed by atoms with van der Waals surface area (Å²) in [4.78, 5) is 25.4. The number of carboxylic acids is 1. The first-order valence-electron chi connectivity index (χ1n) is 6.30. The van der Waals surface area contributed by atoms with Gasteiger partial charge in [0.25, 0.3) is 5.91 Å². The lowest BCUT2D eigenvalue weighted by Gasteiger charge is -2.27. The van der Waals surface area contributed by atoms with Gasteiger partial charge in [0.2, 0.25) is 0 Å². The molecule has 2 aliphatic rings. The van der Waals surface area contributed by atoms with Gasteiger partial charge < -0.3 is 14.4 Å². The molecule has 0 aromatic carbocycles. The topological polar surface area (TPSA) is 70.8 Å². The fourth-order valence-corrected chi connectivity index (χ4v) is 4.10. The Hall–Kier alpha value is -1.43. The molecule has 1 aromatic rings. The summed E-state index contributed by atoms with van der Waals surface area (Å²) >= 11 is 1.58. The van der Waals surface area contributed by atoms with E-state index in [4.69, 9.17) is 4.42 Å². The van der Waals surface area contributed by atoms with Crippen LogP contribution in [0.15, 0.2) is 16.7 Å². The first kappa shape index (κ1) is 12.6. The second-order valence-electron chi connectivity index (χ2n) is 5.02. The molecule has 1 saturated carbocycles. The normalized spacial score (nSPS) is 26.7. The molecule has 1 N–H and O–H groups in total. The number of carbonyl (C=O) groups is 2. The van der Waals surface area contributed by atoms with Gasteiger partial charge in [0.15, 0.2) is 0 Å². The van der Waals surface area contributed by atoms with Crippen molar-refractivity contribution in [1.29, 1.82) is 0 Å². The Labute approximate surface area is 114 Å². The molecule has 6 heteroatoms. The monoisotopic (exact) mass is 281 g/mol. The van der Waals surface area contributed by atoms with E-state index in [0.717, 1.165) is 12.8 Å². The highest BCUT2D eigenvalue weighted by Gasteiger charge is 2.48. The van der Waals surface area contributed by atoms with Crippen LogP contribution >= 0.6 is 11.8 Å². The Morgan fingerprint density at radius 1 is 1.47 bits per heavy atom. The molecule has 1 aliphatic carbocycles. The van der Waals surface area contributed by atoms with Crippen LogP contribution in [-0.4, -0.2) is 39.1 Å². The molecule has 0 radical (unpaired) electrons. The minimum absolute atomic E-state index is 0.00269. The van der Waals surface area contributed by atoms with Gasteiger partial charge in [-0.15, -0.1) is 11.8 Å². The van der Waals surface area contributed by atoms with Gasteiger partial charge in [-0.25, -0.2) is 4.79 Å². The molecule has 1 saturated heterocycles.